The maximum absolute atomic E-state index is 10.6. The second kappa shape index (κ2) is 7.36. The molecular weight excluding hydrogens is 293 g/mol. The van der Waals surface area contributed by atoms with E-state index in [4.69, 9.17) is 0 Å². The molecule has 0 aromatic heterocycles. The maximum atomic E-state index is 10.6. The third kappa shape index (κ3) is 3.64. The second-order valence-electron chi connectivity index (χ2n) is 4.66. The molecule has 0 unspecified atom stereocenters. The summed E-state index contributed by atoms with van der Waals surface area (Å²) in [5.74, 6) is -0.988. The Balaban J connectivity index is 0.00000161. The quantitative estimate of drug-likeness (QED) is 0.735. The number of fused-ring (bicyclic) bond motifs is 2. The van der Waals surface area contributed by atoms with Crippen molar-refractivity contribution in [1.29, 1.82) is 0 Å². The number of hydrogen-bond acceptors (Lipinski definition) is 4. The molecule has 3 rings (SSSR count). The van der Waals surface area contributed by atoms with Gasteiger partial charge in [-0.15, -0.1) is 0 Å². The van der Waals surface area contributed by atoms with E-state index in [1.165, 1.54) is 9.79 Å². The van der Waals surface area contributed by atoms with Gasteiger partial charge in [0.1, 0.15) is 0 Å². The van der Waals surface area contributed by atoms with E-state index >= 15 is 0 Å². The van der Waals surface area contributed by atoms with Gasteiger partial charge in [0, 0.05) is 22.3 Å². The minimum atomic E-state index is -0.988. The molecule has 0 saturated carbocycles. The van der Waals surface area contributed by atoms with E-state index in [0.29, 0.717) is 13.0 Å². The van der Waals surface area contributed by atoms with Crippen LogP contribution in [0, 0.1) is 0 Å². The molecule has 0 fully saturated rings. The number of aliphatic carboxylic acids is 1. The fourth-order valence-corrected chi connectivity index (χ4v) is 3.50. The summed E-state index contributed by atoms with van der Waals surface area (Å²) in [6, 6.07) is 16.4. The molecular formula is C16H14NNaO2S. The SMILES string of the molecule is O=C([O-])CCCN1c2ccccc2Sc2ccccc21.[Na+]. The summed E-state index contributed by atoms with van der Waals surface area (Å²) in [4.78, 5) is 15.2. The molecule has 1 aliphatic heterocycles. The van der Waals surface area contributed by atoms with Crippen molar-refractivity contribution in [3.8, 4) is 0 Å². The summed E-state index contributed by atoms with van der Waals surface area (Å²) in [5.41, 5.74) is 2.30. The number of carbonyl (C=O) groups is 1. The number of carboxylic acid groups (broad SMARTS) is 1. The monoisotopic (exact) mass is 307 g/mol. The van der Waals surface area contributed by atoms with Crippen molar-refractivity contribution in [2.45, 2.75) is 22.6 Å². The van der Waals surface area contributed by atoms with Gasteiger partial charge in [-0.1, -0.05) is 36.0 Å². The van der Waals surface area contributed by atoms with Crippen LogP contribution in [0.5, 0.6) is 0 Å². The average Bonchev–Trinajstić information content (AvgIpc) is 2.46. The number of carbonyl (C=O) groups excluding carboxylic acids is 1. The predicted molar refractivity (Wildman–Crippen MR) is 78.3 cm³/mol. The van der Waals surface area contributed by atoms with Crippen LogP contribution >= 0.6 is 11.8 Å². The number of nitrogens with zero attached hydrogens (tertiary/aromatic N) is 1. The Labute approximate surface area is 150 Å². The Kier molecular flexibility index (Phi) is 5.76. The molecule has 0 atom stereocenters. The van der Waals surface area contributed by atoms with E-state index in [1.54, 1.807) is 11.8 Å². The number of carboxylic acids is 1. The zero-order valence-electron chi connectivity index (χ0n) is 11.9. The van der Waals surface area contributed by atoms with Gasteiger partial charge in [-0.05, 0) is 37.1 Å². The first-order valence-electron chi connectivity index (χ1n) is 6.59. The van der Waals surface area contributed by atoms with Crippen LogP contribution in [0.15, 0.2) is 58.3 Å². The summed E-state index contributed by atoms with van der Waals surface area (Å²) in [5, 5.41) is 10.6. The van der Waals surface area contributed by atoms with Crippen molar-refractivity contribution in [2.75, 3.05) is 11.4 Å². The van der Waals surface area contributed by atoms with Crippen LogP contribution in [-0.4, -0.2) is 12.5 Å². The summed E-state index contributed by atoms with van der Waals surface area (Å²) < 4.78 is 0. The average molecular weight is 307 g/mol. The van der Waals surface area contributed by atoms with E-state index in [1.807, 2.05) is 24.3 Å². The van der Waals surface area contributed by atoms with E-state index in [0.717, 1.165) is 11.4 Å². The van der Waals surface area contributed by atoms with Gasteiger partial charge in [-0.2, -0.15) is 0 Å². The predicted octanol–water partition coefficient (Wildman–Crippen LogP) is -0.177. The number of para-hydroxylation sites is 2. The van der Waals surface area contributed by atoms with Crippen LogP contribution in [0.1, 0.15) is 12.8 Å². The Morgan fingerprint density at radius 2 is 1.52 bits per heavy atom. The molecule has 3 nitrogen and oxygen atoms in total. The molecule has 0 aliphatic carbocycles. The molecule has 5 heteroatoms. The third-order valence-corrected chi connectivity index (χ3v) is 4.42. The first kappa shape index (κ1) is 16.4. The minimum absolute atomic E-state index is 0. The van der Waals surface area contributed by atoms with Crippen molar-refractivity contribution in [2.24, 2.45) is 0 Å². The number of hydrogen-bond donors (Lipinski definition) is 0. The summed E-state index contributed by atoms with van der Waals surface area (Å²) in [7, 11) is 0. The number of anilines is 2. The smallest absolute Gasteiger partial charge is 0.550 e. The van der Waals surface area contributed by atoms with Crippen LogP contribution in [0.3, 0.4) is 0 Å². The summed E-state index contributed by atoms with van der Waals surface area (Å²) >= 11 is 1.76. The zero-order valence-corrected chi connectivity index (χ0v) is 14.7. The molecule has 21 heavy (non-hydrogen) atoms. The Hall–Kier alpha value is -0.940. The molecule has 2 aromatic rings. The van der Waals surface area contributed by atoms with Gasteiger partial charge < -0.3 is 14.8 Å². The summed E-state index contributed by atoms with van der Waals surface area (Å²) in [6.07, 6.45) is 0.670. The fraction of sp³-hybridized carbons (Fsp3) is 0.188. The molecule has 1 aliphatic rings. The van der Waals surface area contributed by atoms with Gasteiger partial charge in [-0.3, -0.25) is 0 Å². The minimum Gasteiger partial charge on any atom is -0.550 e. The number of benzene rings is 2. The van der Waals surface area contributed by atoms with E-state index < -0.39 is 5.97 Å². The molecule has 0 radical (unpaired) electrons. The van der Waals surface area contributed by atoms with Gasteiger partial charge in [0.15, 0.2) is 0 Å². The van der Waals surface area contributed by atoms with Crippen molar-refractivity contribution in [3.05, 3.63) is 48.5 Å². The molecule has 2 aromatic carbocycles. The maximum Gasteiger partial charge on any atom is 1.00 e. The summed E-state index contributed by atoms with van der Waals surface area (Å²) in [6.45, 7) is 0.683. The fourth-order valence-electron chi connectivity index (χ4n) is 2.40. The van der Waals surface area contributed by atoms with Crippen LogP contribution < -0.4 is 39.6 Å². The second-order valence-corrected chi connectivity index (χ2v) is 5.75. The largest absolute Gasteiger partial charge is 1.00 e. The van der Waals surface area contributed by atoms with Gasteiger partial charge in [0.05, 0.1) is 11.4 Å². The van der Waals surface area contributed by atoms with Crippen LogP contribution in [-0.2, 0) is 4.79 Å². The van der Waals surface area contributed by atoms with Crippen molar-refractivity contribution >= 4 is 29.1 Å². The Bertz CT molecular complexity index is 602. The van der Waals surface area contributed by atoms with Crippen molar-refractivity contribution in [3.63, 3.8) is 0 Å². The van der Waals surface area contributed by atoms with Gasteiger partial charge in [0.25, 0.3) is 0 Å². The molecule has 0 spiro atoms. The van der Waals surface area contributed by atoms with Gasteiger partial charge in [-0.25, -0.2) is 0 Å². The van der Waals surface area contributed by atoms with E-state index in [-0.39, 0.29) is 36.0 Å². The van der Waals surface area contributed by atoms with Crippen LogP contribution in [0.2, 0.25) is 0 Å². The Morgan fingerprint density at radius 1 is 1.00 bits per heavy atom. The normalized spacial score (nSPS) is 12.1. The molecule has 0 saturated heterocycles. The van der Waals surface area contributed by atoms with E-state index in [2.05, 4.69) is 29.2 Å². The third-order valence-electron chi connectivity index (χ3n) is 3.29. The standard InChI is InChI=1S/C16H15NO2S.Na/c18-16(19)10-5-11-17-12-6-1-3-8-14(12)20-15-9-4-2-7-13(15)17;/h1-4,6-9H,5,10-11H2,(H,18,19);/q;+1/p-1. The van der Waals surface area contributed by atoms with Crippen LogP contribution in [0.25, 0.3) is 0 Å². The van der Waals surface area contributed by atoms with Crippen LogP contribution in [0.4, 0.5) is 11.4 Å². The first-order chi connectivity index (χ1) is 9.75. The Morgan fingerprint density at radius 3 is 2.05 bits per heavy atom. The molecule has 0 amide bonds. The van der Waals surface area contributed by atoms with E-state index in [9.17, 15) is 9.90 Å². The van der Waals surface area contributed by atoms with Gasteiger partial charge in [0.2, 0.25) is 0 Å². The molecule has 0 N–H and O–H groups in total. The molecule has 0 bridgehead atoms. The van der Waals surface area contributed by atoms with Crippen molar-refractivity contribution < 1.29 is 39.5 Å². The topological polar surface area (TPSA) is 43.4 Å². The molecule has 1 heterocycles. The van der Waals surface area contributed by atoms with Gasteiger partial charge >= 0.3 is 29.6 Å². The van der Waals surface area contributed by atoms with Crippen molar-refractivity contribution in [1.82, 2.24) is 0 Å². The zero-order chi connectivity index (χ0) is 13.9. The number of rotatable bonds is 4. The molecule has 102 valence electrons. The first-order valence-corrected chi connectivity index (χ1v) is 7.40.